The average Bonchev–Trinajstić information content (AvgIpc) is 2.69. The molecule has 8 heteroatoms. The topological polar surface area (TPSA) is 44.8 Å². The van der Waals surface area contributed by atoms with E-state index in [0.717, 1.165) is 27.9 Å². The molecule has 1 N–H and O–H groups in total. The Morgan fingerprint density at radius 2 is 1.74 bits per heavy atom. The van der Waals surface area contributed by atoms with Gasteiger partial charge in [0.2, 0.25) is 0 Å². The van der Waals surface area contributed by atoms with Crippen LogP contribution in [0.2, 0.25) is 0 Å². The Labute approximate surface area is 205 Å². The van der Waals surface area contributed by atoms with Crippen LogP contribution in [0.5, 0.6) is 0 Å². The molecule has 1 saturated heterocycles. The Hall–Kier alpha value is -2.74. The number of likely N-dealkylation sites (tertiary alicyclic amines) is 1. The first kappa shape index (κ1) is 25.4. The number of carbonyl (C=O) groups is 1. The lowest BCUT2D eigenvalue weighted by atomic mass is 9.84. The van der Waals surface area contributed by atoms with Crippen molar-refractivity contribution in [2.24, 2.45) is 0 Å². The van der Waals surface area contributed by atoms with Gasteiger partial charge in [-0.05, 0) is 69.9 Å². The largest absolute Gasteiger partial charge is 0.444 e. The normalized spacial score (nSPS) is 21.3. The smallest absolute Gasteiger partial charge is 0.410 e. The molecular weight excluding hydrogens is 455 g/mol. The van der Waals surface area contributed by atoms with Gasteiger partial charge in [0.25, 0.3) is 0 Å². The van der Waals surface area contributed by atoms with Crippen LogP contribution in [-0.4, -0.2) is 59.4 Å². The van der Waals surface area contributed by atoms with E-state index in [1.807, 2.05) is 71.0 Å². The van der Waals surface area contributed by atoms with Gasteiger partial charge in [0.15, 0.2) is 0 Å². The summed E-state index contributed by atoms with van der Waals surface area (Å²) >= 11 is 0. The standard InChI is InChI=1S/C27H34F3N3O2/c1-17-6-11-23-20(12-17)13-18(2)33(16-27(28,29)30)24(23)19-7-9-21(10-8-19)31-22-14-32(15-22)25(34)35-26(3,4)5/h6-12,18,22,24,31H,13-16H2,1-5H3/t18-,24?/m1/s1. The Kier molecular flexibility index (Phi) is 6.79. The fourth-order valence-corrected chi connectivity index (χ4v) is 4.91. The van der Waals surface area contributed by atoms with E-state index in [2.05, 4.69) is 11.4 Å². The maximum atomic E-state index is 13.5. The van der Waals surface area contributed by atoms with Gasteiger partial charge in [-0.15, -0.1) is 0 Å². The van der Waals surface area contributed by atoms with E-state index in [1.54, 1.807) is 9.80 Å². The van der Waals surface area contributed by atoms with Crippen molar-refractivity contribution in [3.8, 4) is 0 Å². The third-order valence-electron chi connectivity index (χ3n) is 6.50. The van der Waals surface area contributed by atoms with Gasteiger partial charge in [-0.1, -0.05) is 35.9 Å². The van der Waals surface area contributed by atoms with E-state index in [0.29, 0.717) is 19.5 Å². The van der Waals surface area contributed by atoms with Crippen LogP contribution in [0.1, 0.15) is 56.0 Å². The zero-order valence-electron chi connectivity index (χ0n) is 20.9. The summed E-state index contributed by atoms with van der Waals surface area (Å²) in [5.41, 5.74) is 4.34. The van der Waals surface area contributed by atoms with Gasteiger partial charge in [-0.25, -0.2) is 4.79 Å². The highest BCUT2D eigenvalue weighted by Crippen LogP contribution is 2.40. The Balaban J connectivity index is 1.48. The van der Waals surface area contributed by atoms with E-state index in [1.165, 1.54) is 0 Å². The van der Waals surface area contributed by atoms with Gasteiger partial charge in [0.05, 0.1) is 18.6 Å². The molecule has 0 aromatic heterocycles. The highest BCUT2D eigenvalue weighted by atomic mass is 19.4. The van der Waals surface area contributed by atoms with E-state index >= 15 is 0 Å². The molecule has 2 aromatic carbocycles. The Morgan fingerprint density at radius 1 is 1.09 bits per heavy atom. The van der Waals surface area contributed by atoms with Gasteiger partial charge in [0.1, 0.15) is 5.60 Å². The second kappa shape index (κ2) is 9.37. The third-order valence-corrected chi connectivity index (χ3v) is 6.50. The van der Waals surface area contributed by atoms with Crippen LogP contribution < -0.4 is 5.32 Å². The van der Waals surface area contributed by atoms with Crippen LogP contribution in [0.4, 0.5) is 23.7 Å². The number of aryl methyl sites for hydroxylation is 1. The third kappa shape index (κ3) is 6.10. The van der Waals surface area contributed by atoms with Gasteiger partial charge in [-0.3, -0.25) is 4.90 Å². The number of halogens is 3. The first-order chi connectivity index (χ1) is 16.3. The van der Waals surface area contributed by atoms with Crippen molar-refractivity contribution in [1.29, 1.82) is 0 Å². The van der Waals surface area contributed by atoms with Crippen LogP contribution >= 0.6 is 0 Å². The molecule has 2 aromatic rings. The van der Waals surface area contributed by atoms with E-state index in [-0.39, 0.29) is 18.2 Å². The lowest BCUT2D eigenvalue weighted by molar-refractivity contribution is -0.155. The molecule has 1 amide bonds. The van der Waals surface area contributed by atoms with Crippen molar-refractivity contribution in [2.45, 2.75) is 70.9 Å². The summed E-state index contributed by atoms with van der Waals surface area (Å²) in [6.45, 7) is 9.53. The highest BCUT2D eigenvalue weighted by molar-refractivity contribution is 5.69. The second-order valence-electron chi connectivity index (χ2n) is 10.8. The summed E-state index contributed by atoms with van der Waals surface area (Å²) in [4.78, 5) is 15.3. The van der Waals surface area contributed by atoms with Crippen LogP contribution in [-0.2, 0) is 11.2 Å². The summed E-state index contributed by atoms with van der Waals surface area (Å²) in [7, 11) is 0. The molecular formula is C27H34F3N3O2. The number of carbonyl (C=O) groups excluding carboxylic acids is 1. The fraction of sp³-hybridized carbons (Fsp3) is 0.519. The van der Waals surface area contributed by atoms with Crippen LogP contribution in [0, 0.1) is 6.92 Å². The molecule has 190 valence electrons. The fourth-order valence-electron chi connectivity index (χ4n) is 4.91. The van der Waals surface area contributed by atoms with Crippen molar-refractivity contribution >= 4 is 11.8 Å². The molecule has 0 radical (unpaired) electrons. The molecule has 4 rings (SSSR count). The summed E-state index contributed by atoms with van der Waals surface area (Å²) in [6, 6.07) is 13.1. The van der Waals surface area contributed by atoms with Crippen LogP contribution in [0.15, 0.2) is 42.5 Å². The zero-order chi connectivity index (χ0) is 25.5. The maximum absolute atomic E-state index is 13.5. The minimum Gasteiger partial charge on any atom is -0.444 e. The molecule has 35 heavy (non-hydrogen) atoms. The number of rotatable bonds is 4. The van der Waals surface area contributed by atoms with E-state index in [4.69, 9.17) is 4.74 Å². The van der Waals surface area contributed by atoms with Gasteiger partial charge >= 0.3 is 12.3 Å². The number of nitrogens with one attached hydrogen (secondary N) is 1. The quantitative estimate of drug-likeness (QED) is 0.579. The number of hydrogen-bond acceptors (Lipinski definition) is 4. The van der Waals surface area contributed by atoms with Crippen molar-refractivity contribution in [2.75, 3.05) is 25.0 Å². The molecule has 0 saturated carbocycles. The Morgan fingerprint density at radius 3 is 2.34 bits per heavy atom. The lowest BCUT2D eigenvalue weighted by Gasteiger charge is -2.43. The number of amides is 1. The predicted molar refractivity (Wildman–Crippen MR) is 131 cm³/mol. The first-order valence-corrected chi connectivity index (χ1v) is 12.1. The first-order valence-electron chi connectivity index (χ1n) is 12.1. The predicted octanol–water partition coefficient (Wildman–Crippen LogP) is 5.92. The van der Waals surface area contributed by atoms with Crippen molar-refractivity contribution in [1.82, 2.24) is 9.80 Å². The molecule has 2 heterocycles. The summed E-state index contributed by atoms with van der Waals surface area (Å²) in [6.07, 6.45) is -4.00. The molecule has 2 aliphatic rings. The monoisotopic (exact) mass is 489 g/mol. The molecule has 1 fully saturated rings. The van der Waals surface area contributed by atoms with Crippen LogP contribution in [0.3, 0.4) is 0 Å². The zero-order valence-corrected chi connectivity index (χ0v) is 20.9. The molecule has 5 nitrogen and oxygen atoms in total. The molecule has 0 aliphatic carbocycles. The average molecular weight is 490 g/mol. The summed E-state index contributed by atoms with van der Waals surface area (Å²) in [5, 5.41) is 3.40. The molecule has 0 spiro atoms. The lowest BCUT2D eigenvalue weighted by Crippen LogP contribution is -2.57. The SMILES string of the molecule is Cc1ccc2c(c1)C[C@@H](C)N(CC(F)(F)F)C2c1ccc(NC2CN(C(=O)OC(C)(C)C)C2)cc1. The molecule has 1 unspecified atom stereocenters. The van der Waals surface area contributed by atoms with E-state index < -0.39 is 24.4 Å². The van der Waals surface area contributed by atoms with Crippen LogP contribution in [0.25, 0.3) is 0 Å². The van der Waals surface area contributed by atoms with Gasteiger partial charge in [-0.2, -0.15) is 13.2 Å². The van der Waals surface area contributed by atoms with E-state index in [9.17, 15) is 18.0 Å². The Bertz CT molecular complexity index is 1060. The number of anilines is 1. The summed E-state index contributed by atoms with van der Waals surface area (Å²) in [5.74, 6) is 0. The van der Waals surface area contributed by atoms with Crippen molar-refractivity contribution in [3.63, 3.8) is 0 Å². The minimum atomic E-state index is -4.28. The number of benzene rings is 2. The molecule has 0 bridgehead atoms. The van der Waals surface area contributed by atoms with Crippen molar-refractivity contribution < 1.29 is 22.7 Å². The number of alkyl halides is 3. The number of hydrogen-bond donors (Lipinski definition) is 1. The maximum Gasteiger partial charge on any atom is 0.410 e. The van der Waals surface area contributed by atoms with Gasteiger partial charge < -0.3 is 15.0 Å². The number of ether oxygens (including phenoxy) is 1. The molecule has 2 aliphatic heterocycles. The minimum absolute atomic E-state index is 0.105. The number of nitrogens with zero attached hydrogens (tertiary/aromatic N) is 2. The summed E-state index contributed by atoms with van der Waals surface area (Å²) < 4.78 is 45.8. The highest BCUT2D eigenvalue weighted by Gasteiger charge is 2.40. The van der Waals surface area contributed by atoms with Crippen molar-refractivity contribution in [3.05, 3.63) is 64.7 Å². The molecule has 2 atom stereocenters. The second-order valence-corrected chi connectivity index (χ2v) is 10.8. The van der Waals surface area contributed by atoms with Gasteiger partial charge in [0, 0.05) is 24.8 Å². The number of fused-ring (bicyclic) bond motifs is 1.